The Balaban J connectivity index is 1.38. The first-order valence-electron chi connectivity index (χ1n) is 13.1. The largest absolute Gasteiger partial charge is 0.396 e. The summed E-state index contributed by atoms with van der Waals surface area (Å²) >= 11 is 0. The Morgan fingerprint density at radius 3 is 2.67 bits per heavy atom. The maximum absolute atomic E-state index is 12.5. The molecular formula is C27H33N7O4S. The lowest BCUT2D eigenvalue weighted by Crippen LogP contribution is -2.40. The van der Waals surface area contributed by atoms with Gasteiger partial charge in [0, 0.05) is 44.6 Å². The smallest absolute Gasteiger partial charge is 0.256 e. The highest BCUT2D eigenvalue weighted by Crippen LogP contribution is 2.35. The average molecular weight is 552 g/mol. The molecule has 2 fully saturated rings. The van der Waals surface area contributed by atoms with Crippen LogP contribution in [0.2, 0.25) is 0 Å². The first-order chi connectivity index (χ1) is 18.7. The molecule has 1 saturated carbocycles. The molecule has 0 spiro atoms. The van der Waals surface area contributed by atoms with Gasteiger partial charge in [-0.1, -0.05) is 18.8 Å². The molecule has 0 radical (unpaired) electrons. The third kappa shape index (κ3) is 6.21. The van der Waals surface area contributed by atoms with E-state index in [1.54, 1.807) is 25.4 Å². The number of pyridine rings is 1. The van der Waals surface area contributed by atoms with Crippen LogP contribution in [0.4, 0.5) is 17.3 Å². The summed E-state index contributed by atoms with van der Waals surface area (Å²) in [5.41, 5.74) is 2.10. The Kier molecular flexibility index (Phi) is 7.57. The maximum Gasteiger partial charge on any atom is 0.256 e. The summed E-state index contributed by atoms with van der Waals surface area (Å²) in [6.45, 7) is 5.51. The van der Waals surface area contributed by atoms with Crippen molar-refractivity contribution in [1.29, 1.82) is 0 Å². The summed E-state index contributed by atoms with van der Waals surface area (Å²) in [6.07, 6.45) is 9.08. The molecule has 1 unspecified atom stereocenters. The molecule has 39 heavy (non-hydrogen) atoms. The van der Waals surface area contributed by atoms with Gasteiger partial charge in [0.25, 0.3) is 10.0 Å². The zero-order valence-electron chi connectivity index (χ0n) is 22.1. The van der Waals surface area contributed by atoms with Gasteiger partial charge >= 0.3 is 0 Å². The minimum Gasteiger partial charge on any atom is -0.396 e. The highest BCUT2D eigenvalue weighted by Gasteiger charge is 2.37. The molecule has 1 aliphatic heterocycles. The molecule has 0 aromatic carbocycles. The van der Waals surface area contributed by atoms with Gasteiger partial charge in [-0.2, -0.15) is 9.19 Å². The van der Waals surface area contributed by atoms with Crippen molar-refractivity contribution in [2.24, 2.45) is 5.41 Å². The van der Waals surface area contributed by atoms with Crippen LogP contribution >= 0.6 is 0 Å². The summed E-state index contributed by atoms with van der Waals surface area (Å²) in [7, 11) is -3.47. The third-order valence-corrected chi connectivity index (χ3v) is 9.17. The minimum atomic E-state index is -3.47. The van der Waals surface area contributed by atoms with E-state index >= 15 is 0 Å². The molecule has 3 aromatic rings. The predicted molar refractivity (Wildman–Crippen MR) is 148 cm³/mol. The molecular weight excluding hydrogens is 518 g/mol. The number of aliphatic hydroxyl groups is 2. The first-order valence-corrected chi connectivity index (χ1v) is 14.6. The SMILES string of the molecule is CC(O)CC#Cc1cnc(Nc2ccnc(-c3cnn(S(=O)(=O)C4CC4)c3)n2)cc1N1CCC(C)(CO)CC1. The molecule has 2 aliphatic rings. The van der Waals surface area contributed by atoms with E-state index in [0.29, 0.717) is 42.3 Å². The molecule has 4 heterocycles. The van der Waals surface area contributed by atoms with Crippen molar-refractivity contribution in [2.75, 3.05) is 29.9 Å². The van der Waals surface area contributed by atoms with E-state index in [9.17, 15) is 18.6 Å². The molecule has 3 aromatic heterocycles. The van der Waals surface area contributed by atoms with E-state index in [4.69, 9.17) is 0 Å². The lowest BCUT2D eigenvalue weighted by Gasteiger charge is -2.39. The van der Waals surface area contributed by atoms with E-state index in [0.717, 1.165) is 41.3 Å². The summed E-state index contributed by atoms with van der Waals surface area (Å²) in [5.74, 6) is 7.59. The second kappa shape index (κ2) is 10.9. The monoisotopic (exact) mass is 551 g/mol. The van der Waals surface area contributed by atoms with Crippen molar-refractivity contribution in [1.82, 2.24) is 24.1 Å². The predicted octanol–water partition coefficient (Wildman–Crippen LogP) is 2.54. The Morgan fingerprint density at radius 2 is 1.97 bits per heavy atom. The number of rotatable bonds is 8. The number of hydrogen-bond donors (Lipinski definition) is 3. The molecule has 0 bridgehead atoms. The number of nitrogens with one attached hydrogen (secondary N) is 1. The Bertz CT molecular complexity index is 1500. The number of piperidine rings is 1. The maximum atomic E-state index is 12.5. The molecule has 1 saturated heterocycles. The number of aromatic nitrogens is 5. The molecule has 1 atom stereocenters. The van der Waals surface area contributed by atoms with Crippen molar-refractivity contribution < 1.29 is 18.6 Å². The number of hydrogen-bond acceptors (Lipinski definition) is 10. The van der Waals surface area contributed by atoms with Gasteiger partial charge in [-0.05, 0) is 44.1 Å². The Morgan fingerprint density at radius 1 is 1.21 bits per heavy atom. The van der Waals surface area contributed by atoms with Crippen molar-refractivity contribution in [3.8, 4) is 23.2 Å². The second-order valence-electron chi connectivity index (χ2n) is 10.6. The van der Waals surface area contributed by atoms with Crippen LogP contribution in [0.5, 0.6) is 0 Å². The average Bonchev–Trinajstić information content (AvgIpc) is 3.67. The fourth-order valence-electron chi connectivity index (χ4n) is 4.39. The highest BCUT2D eigenvalue weighted by molar-refractivity contribution is 7.90. The lowest BCUT2D eigenvalue weighted by molar-refractivity contribution is 0.115. The fraction of sp³-hybridized carbons (Fsp3) is 0.481. The van der Waals surface area contributed by atoms with Crippen LogP contribution in [0.15, 0.2) is 36.9 Å². The number of nitrogens with zero attached hydrogens (tertiary/aromatic N) is 6. The molecule has 12 heteroatoms. The molecule has 0 amide bonds. The second-order valence-corrected chi connectivity index (χ2v) is 12.7. The van der Waals surface area contributed by atoms with Crippen molar-refractivity contribution in [3.63, 3.8) is 0 Å². The highest BCUT2D eigenvalue weighted by atomic mass is 32.2. The van der Waals surface area contributed by atoms with Crippen molar-refractivity contribution in [2.45, 2.75) is 57.3 Å². The van der Waals surface area contributed by atoms with Crippen LogP contribution in [0.1, 0.15) is 51.5 Å². The van der Waals surface area contributed by atoms with Crippen LogP contribution < -0.4 is 10.2 Å². The summed E-state index contributed by atoms with van der Waals surface area (Å²) in [5, 5.41) is 26.3. The molecule has 11 nitrogen and oxygen atoms in total. The Hall–Kier alpha value is -3.53. The fourth-order valence-corrected chi connectivity index (χ4v) is 5.86. The van der Waals surface area contributed by atoms with E-state index < -0.39 is 16.1 Å². The summed E-state index contributed by atoms with van der Waals surface area (Å²) in [6, 6.07) is 3.64. The van der Waals surface area contributed by atoms with E-state index in [1.807, 2.05) is 6.07 Å². The Labute approximate surface area is 228 Å². The molecule has 1 aliphatic carbocycles. The number of anilines is 3. The minimum absolute atomic E-state index is 0.0913. The van der Waals surface area contributed by atoms with Crippen LogP contribution in [0.25, 0.3) is 11.4 Å². The number of aliphatic hydroxyl groups excluding tert-OH is 2. The molecule has 3 N–H and O–H groups in total. The van der Waals surface area contributed by atoms with E-state index in [-0.39, 0.29) is 17.3 Å². The van der Waals surface area contributed by atoms with Crippen molar-refractivity contribution in [3.05, 3.63) is 42.5 Å². The van der Waals surface area contributed by atoms with Crippen LogP contribution in [0, 0.1) is 17.3 Å². The molecule has 5 rings (SSSR count). The van der Waals surface area contributed by atoms with Gasteiger partial charge in [0.1, 0.15) is 11.6 Å². The topological polar surface area (TPSA) is 146 Å². The zero-order valence-corrected chi connectivity index (χ0v) is 22.9. The van der Waals surface area contributed by atoms with Crippen LogP contribution in [0.3, 0.4) is 0 Å². The van der Waals surface area contributed by atoms with Crippen molar-refractivity contribution >= 4 is 27.3 Å². The molecule has 206 valence electrons. The quantitative estimate of drug-likeness (QED) is 0.357. The third-order valence-electron chi connectivity index (χ3n) is 7.13. The van der Waals surface area contributed by atoms with E-state index in [1.165, 1.54) is 12.4 Å². The lowest BCUT2D eigenvalue weighted by atomic mass is 9.81. The first kappa shape index (κ1) is 27.1. The van der Waals surface area contributed by atoms with Crippen LogP contribution in [-0.2, 0) is 10.0 Å². The van der Waals surface area contributed by atoms with Gasteiger partial charge in [-0.25, -0.2) is 23.4 Å². The van der Waals surface area contributed by atoms with E-state index in [2.05, 4.69) is 49.0 Å². The van der Waals surface area contributed by atoms with Crippen LogP contribution in [-0.4, -0.2) is 73.8 Å². The van der Waals surface area contributed by atoms with Gasteiger partial charge in [-0.3, -0.25) is 0 Å². The summed E-state index contributed by atoms with van der Waals surface area (Å²) < 4.78 is 26.0. The van der Waals surface area contributed by atoms with Gasteiger partial charge in [0.2, 0.25) is 0 Å². The summed E-state index contributed by atoms with van der Waals surface area (Å²) in [4.78, 5) is 15.6. The van der Waals surface area contributed by atoms with Gasteiger partial charge in [0.05, 0.1) is 40.6 Å². The van der Waals surface area contributed by atoms with Gasteiger partial charge in [0.15, 0.2) is 5.82 Å². The van der Waals surface area contributed by atoms with Gasteiger partial charge < -0.3 is 20.4 Å². The van der Waals surface area contributed by atoms with Gasteiger partial charge in [-0.15, -0.1) is 0 Å². The normalized spacial score (nSPS) is 17.8. The standard InChI is InChI=1S/C27H33N7O4S/c1-19(36)4-3-5-20-15-29-25(14-23(20)33-12-9-27(2,18-35)10-13-33)31-24-8-11-28-26(32-24)21-16-30-34(17-21)39(37,38)22-6-7-22/h8,11,14-17,19,22,35-36H,4,6-7,9-10,12-13,18H2,1-2H3,(H,28,29,31,32). The zero-order chi connectivity index (χ0) is 27.6.